The quantitative estimate of drug-likeness (QED) is 0.400. The van der Waals surface area contributed by atoms with E-state index in [0.717, 1.165) is 17.1 Å². The first kappa shape index (κ1) is 27.3. The molecule has 37 heavy (non-hydrogen) atoms. The molecule has 4 unspecified atom stereocenters. The Balaban J connectivity index is 1.55. The number of primary amides is 1. The largest absolute Gasteiger partial charge is 0.436 e. The number of nitrogens with two attached hydrogens (primary N) is 1. The first-order chi connectivity index (χ1) is 17.6. The van der Waals surface area contributed by atoms with E-state index >= 15 is 0 Å². The highest BCUT2D eigenvalue weighted by atomic mass is 32.2. The molecule has 1 aliphatic carbocycles. The van der Waals surface area contributed by atoms with Gasteiger partial charge in [-0.1, -0.05) is 18.6 Å². The Kier molecular flexibility index (Phi) is 8.39. The van der Waals surface area contributed by atoms with E-state index in [1.807, 2.05) is 12.2 Å². The second kappa shape index (κ2) is 11.4. The molecule has 0 aromatic rings. The number of carbonyl (C=O) groups excluding carboxylic acids is 4. The summed E-state index contributed by atoms with van der Waals surface area (Å²) in [7, 11) is -4.12. The summed E-state index contributed by atoms with van der Waals surface area (Å²) in [5, 5.41) is 2.77. The summed E-state index contributed by atoms with van der Waals surface area (Å²) in [6.45, 7) is 1.00. The number of nitrogens with one attached hydrogen (secondary N) is 2. The van der Waals surface area contributed by atoms with Crippen LogP contribution in [0, 0.1) is 5.92 Å². The number of morpholine rings is 1. The van der Waals surface area contributed by atoms with Gasteiger partial charge in [-0.05, 0) is 44.9 Å². The first-order valence-corrected chi connectivity index (χ1v) is 14.2. The molecular formula is C23H35N5O8S. The molecule has 2 saturated heterocycles. The molecule has 0 radical (unpaired) electrons. The maximum atomic E-state index is 13.4. The number of hydrogen-bond acceptors (Lipinski definition) is 8. The van der Waals surface area contributed by atoms with Crippen LogP contribution >= 0.6 is 0 Å². The Hall–Kier alpha value is -2.71. The maximum absolute atomic E-state index is 13.4. The van der Waals surface area contributed by atoms with Crippen LogP contribution in [0.2, 0.25) is 0 Å². The molecule has 14 heteroatoms. The van der Waals surface area contributed by atoms with Gasteiger partial charge in [-0.15, -0.1) is 0 Å². The zero-order chi connectivity index (χ0) is 26.6. The van der Waals surface area contributed by atoms with Crippen molar-refractivity contribution in [3.8, 4) is 0 Å². The van der Waals surface area contributed by atoms with Crippen LogP contribution in [0.1, 0.15) is 51.4 Å². The van der Waals surface area contributed by atoms with Gasteiger partial charge in [-0.25, -0.2) is 9.52 Å². The number of fused-ring (bicyclic) bond motifs is 2. The van der Waals surface area contributed by atoms with E-state index in [2.05, 4.69) is 10.0 Å². The summed E-state index contributed by atoms with van der Waals surface area (Å²) in [4.78, 5) is 52.8. The van der Waals surface area contributed by atoms with Gasteiger partial charge in [0.15, 0.2) is 6.10 Å². The van der Waals surface area contributed by atoms with E-state index in [-0.39, 0.29) is 38.6 Å². The number of allylic oxidation sites excluding steroid dienone is 1. The van der Waals surface area contributed by atoms with E-state index in [0.29, 0.717) is 38.6 Å². The fraction of sp³-hybridized carbons (Fsp3) is 0.739. The van der Waals surface area contributed by atoms with E-state index in [4.69, 9.17) is 15.2 Å². The molecule has 3 heterocycles. The fourth-order valence-corrected chi connectivity index (χ4v) is 6.41. The molecule has 3 fully saturated rings. The Labute approximate surface area is 216 Å². The molecule has 0 spiro atoms. The molecule has 0 aromatic heterocycles. The minimum atomic E-state index is -4.12. The average molecular weight is 542 g/mol. The van der Waals surface area contributed by atoms with Crippen molar-refractivity contribution in [1.29, 1.82) is 0 Å². The van der Waals surface area contributed by atoms with E-state index < -0.39 is 51.7 Å². The maximum Gasteiger partial charge on any atom is 0.405 e. The van der Waals surface area contributed by atoms with Gasteiger partial charge in [0.1, 0.15) is 11.6 Å². The third-order valence-corrected chi connectivity index (χ3v) is 8.86. The topological polar surface area (TPSA) is 177 Å². The molecule has 13 nitrogen and oxygen atoms in total. The second-order valence-electron chi connectivity index (χ2n) is 9.90. The van der Waals surface area contributed by atoms with Crippen molar-refractivity contribution in [2.24, 2.45) is 11.7 Å². The van der Waals surface area contributed by atoms with Gasteiger partial charge in [0.25, 0.3) is 11.8 Å². The van der Waals surface area contributed by atoms with Crippen LogP contribution in [0.3, 0.4) is 0 Å². The highest BCUT2D eigenvalue weighted by Crippen LogP contribution is 2.45. The Morgan fingerprint density at radius 3 is 2.59 bits per heavy atom. The number of hydrogen-bond donors (Lipinski definition) is 3. The summed E-state index contributed by atoms with van der Waals surface area (Å²) in [6, 6.07) is -0.873. The van der Waals surface area contributed by atoms with Crippen LogP contribution in [0.5, 0.6) is 0 Å². The average Bonchev–Trinajstić information content (AvgIpc) is 3.32. The normalized spacial score (nSPS) is 32.6. The van der Waals surface area contributed by atoms with Crippen LogP contribution in [-0.2, 0) is 34.1 Å². The molecule has 4 atom stereocenters. The Morgan fingerprint density at radius 2 is 1.86 bits per heavy atom. The number of ether oxygens (including phenoxy) is 2. The Morgan fingerprint density at radius 1 is 1.11 bits per heavy atom. The van der Waals surface area contributed by atoms with Crippen molar-refractivity contribution >= 4 is 34.0 Å². The molecule has 4 N–H and O–H groups in total. The smallest absolute Gasteiger partial charge is 0.405 e. The lowest BCUT2D eigenvalue weighted by Crippen LogP contribution is -2.59. The van der Waals surface area contributed by atoms with E-state index in [9.17, 15) is 27.6 Å². The molecule has 1 saturated carbocycles. The molecule has 0 aromatic carbocycles. The van der Waals surface area contributed by atoms with E-state index in [1.165, 1.54) is 4.90 Å². The van der Waals surface area contributed by atoms with Gasteiger partial charge in [0, 0.05) is 25.6 Å². The van der Waals surface area contributed by atoms with Crippen LogP contribution in [-0.4, -0.2) is 92.0 Å². The highest BCUT2D eigenvalue weighted by molar-refractivity contribution is 7.87. The summed E-state index contributed by atoms with van der Waals surface area (Å²) in [5.41, 5.74) is 3.75. The molecule has 206 valence electrons. The predicted molar refractivity (Wildman–Crippen MR) is 130 cm³/mol. The van der Waals surface area contributed by atoms with E-state index in [1.54, 1.807) is 0 Å². The van der Waals surface area contributed by atoms with Gasteiger partial charge in [0.05, 0.1) is 13.2 Å². The van der Waals surface area contributed by atoms with Gasteiger partial charge in [-0.2, -0.15) is 12.7 Å². The van der Waals surface area contributed by atoms with Gasteiger partial charge in [-0.3, -0.25) is 14.4 Å². The van der Waals surface area contributed by atoms with Crippen molar-refractivity contribution in [2.75, 3.05) is 32.8 Å². The molecule has 3 aliphatic heterocycles. The van der Waals surface area contributed by atoms with Crippen LogP contribution < -0.4 is 15.8 Å². The highest BCUT2D eigenvalue weighted by Gasteiger charge is 2.61. The predicted octanol–water partition coefficient (Wildman–Crippen LogP) is -0.470. The lowest BCUT2D eigenvalue weighted by atomic mass is 10.1. The molecule has 0 bridgehead atoms. The van der Waals surface area contributed by atoms with Crippen LogP contribution in [0.15, 0.2) is 12.2 Å². The number of nitrogens with zero attached hydrogens (tertiary/aromatic N) is 2. The number of amides is 4. The third kappa shape index (κ3) is 6.24. The lowest BCUT2D eigenvalue weighted by Gasteiger charge is -2.30. The lowest BCUT2D eigenvalue weighted by molar-refractivity contribution is -0.146. The zero-order valence-corrected chi connectivity index (χ0v) is 21.5. The van der Waals surface area contributed by atoms with Crippen molar-refractivity contribution in [2.45, 2.75) is 69.1 Å². The zero-order valence-electron chi connectivity index (χ0n) is 20.7. The number of carbonyl (C=O) groups is 4. The van der Waals surface area contributed by atoms with Gasteiger partial charge >= 0.3 is 16.3 Å². The van der Waals surface area contributed by atoms with Crippen LogP contribution in [0.25, 0.3) is 0 Å². The second-order valence-corrected chi connectivity index (χ2v) is 11.6. The van der Waals surface area contributed by atoms with Crippen molar-refractivity contribution in [3.05, 3.63) is 12.2 Å². The third-order valence-electron chi connectivity index (χ3n) is 7.38. The fourth-order valence-electron chi connectivity index (χ4n) is 5.23. The molecule has 4 rings (SSSR count). The van der Waals surface area contributed by atoms with Crippen molar-refractivity contribution in [3.63, 3.8) is 0 Å². The SMILES string of the molecule is NC(=O)OC1CCCCC/C=C/C2CC2(C(=O)NS(=O)(=O)N2CCOCC2)NC(=O)C2CCCN2C1=O. The van der Waals surface area contributed by atoms with Crippen molar-refractivity contribution in [1.82, 2.24) is 19.2 Å². The van der Waals surface area contributed by atoms with Crippen LogP contribution in [0.4, 0.5) is 4.79 Å². The summed E-state index contributed by atoms with van der Waals surface area (Å²) in [5.74, 6) is -2.23. The molecule has 4 amide bonds. The minimum absolute atomic E-state index is 0.124. The van der Waals surface area contributed by atoms with Gasteiger partial charge < -0.3 is 25.4 Å². The standard InChI is InChI=1S/C23H35N5O8S/c24-22(32)36-18-9-5-3-1-2-4-7-16-15-23(16,25-19(29)17-8-6-10-28(17)20(18)30)21(31)26-37(33,34)27-11-13-35-14-12-27/h4,7,16-18H,1-3,5-6,8-15H2,(H2,24,32)(H,25,29)(H,26,31)/b7-4+. The van der Waals surface area contributed by atoms with Gasteiger partial charge in [0.2, 0.25) is 5.91 Å². The summed E-state index contributed by atoms with van der Waals surface area (Å²) in [6.07, 6.45) is 6.02. The van der Waals surface area contributed by atoms with Crippen molar-refractivity contribution < 1.29 is 37.1 Å². The molecule has 4 aliphatic rings. The first-order valence-electron chi connectivity index (χ1n) is 12.8. The summed E-state index contributed by atoms with van der Waals surface area (Å²) >= 11 is 0. The minimum Gasteiger partial charge on any atom is -0.436 e. The molecular weight excluding hydrogens is 506 g/mol. The number of rotatable bonds is 4. The summed E-state index contributed by atoms with van der Waals surface area (Å²) < 4.78 is 39.2. The Bertz CT molecular complexity index is 1040. The monoisotopic (exact) mass is 541 g/mol.